The summed E-state index contributed by atoms with van der Waals surface area (Å²) in [6, 6.07) is 3.40. The minimum atomic E-state index is -0.811. The van der Waals surface area contributed by atoms with Gasteiger partial charge < -0.3 is 4.74 Å². The third kappa shape index (κ3) is 2.85. The van der Waals surface area contributed by atoms with Gasteiger partial charge in [0, 0.05) is 19.6 Å². The summed E-state index contributed by atoms with van der Waals surface area (Å²) >= 11 is 0. The minimum Gasteiger partial charge on any atom is -0.385 e. The number of carbonyl (C=O) groups is 1. The Balaban J connectivity index is 2.87. The van der Waals surface area contributed by atoms with Crippen molar-refractivity contribution in [3.63, 3.8) is 0 Å². The lowest BCUT2D eigenvalue weighted by molar-refractivity contribution is 0.0885. The number of halogens is 2. The first-order valence-corrected chi connectivity index (χ1v) is 5.05. The van der Waals surface area contributed by atoms with Gasteiger partial charge in [0.2, 0.25) is 0 Å². The molecule has 1 rings (SSSR count). The van der Waals surface area contributed by atoms with E-state index in [1.54, 1.807) is 6.92 Å². The maximum Gasteiger partial charge on any atom is 0.171 e. The second-order valence-corrected chi connectivity index (χ2v) is 3.64. The van der Waals surface area contributed by atoms with Gasteiger partial charge in [-0.1, -0.05) is 13.0 Å². The van der Waals surface area contributed by atoms with Crippen molar-refractivity contribution >= 4 is 5.78 Å². The van der Waals surface area contributed by atoms with Gasteiger partial charge in [0.15, 0.2) is 5.78 Å². The average molecular weight is 228 g/mol. The number of benzene rings is 1. The summed E-state index contributed by atoms with van der Waals surface area (Å²) in [4.78, 5) is 11.8. The fraction of sp³-hybridized carbons (Fsp3) is 0.417. The van der Waals surface area contributed by atoms with Crippen molar-refractivity contribution in [2.75, 3.05) is 13.7 Å². The molecule has 1 unspecified atom stereocenters. The molecule has 1 aromatic rings. The summed E-state index contributed by atoms with van der Waals surface area (Å²) in [5, 5.41) is 0. The van der Waals surface area contributed by atoms with Crippen LogP contribution in [0.5, 0.6) is 0 Å². The standard InChI is InChI=1S/C12H14F2O2/c1-8(6-7-16-2)12(15)11-9(13)4-3-5-10(11)14/h3-5,8H,6-7H2,1-2H3. The highest BCUT2D eigenvalue weighted by molar-refractivity contribution is 5.98. The Bertz CT molecular complexity index is 357. The second kappa shape index (κ2) is 5.70. The van der Waals surface area contributed by atoms with Crippen molar-refractivity contribution in [2.24, 2.45) is 5.92 Å². The average Bonchev–Trinajstić information content (AvgIpc) is 2.25. The van der Waals surface area contributed by atoms with E-state index in [0.717, 1.165) is 12.1 Å². The number of methoxy groups -OCH3 is 1. The Labute approximate surface area is 93.2 Å². The third-order valence-electron chi connectivity index (χ3n) is 2.41. The van der Waals surface area contributed by atoms with Gasteiger partial charge in [-0.15, -0.1) is 0 Å². The number of carbonyl (C=O) groups excluding carboxylic acids is 1. The molecule has 4 heteroatoms. The van der Waals surface area contributed by atoms with Gasteiger partial charge in [-0.3, -0.25) is 4.79 Å². The quantitative estimate of drug-likeness (QED) is 0.724. The van der Waals surface area contributed by atoms with Gasteiger partial charge in [-0.25, -0.2) is 8.78 Å². The molecular formula is C12H14F2O2. The fourth-order valence-electron chi connectivity index (χ4n) is 1.41. The van der Waals surface area contributed by atoms with Crippen molar-refractivity contribution in [2.45, 2.75) is 13.3 Å². The maximum absolute atomic E-state index is 13.3. The molecule has 1 atom stereocenters. The third-order valence-corrected chi connectivity index (χ3v) is 2.41. The first-order valence-electron chi connectivity index (χ1n) is 5.05. The monoisotopic (exact) mass is 228 g/mol. The molecule has 0 amide bonds. The molecule has 1 aromatic carbocycles. The first kappa shape index (κ1) is 12.8. The molecule has 0 aliphatic carbocycles. The molecule has 0 radical (unpaired) electrons. The van der Waals surface area contributed by atoms with Gasteiger partial charge in [0.25, 0.3) is 0 Å². The molecule has 0 fully saturated rings. The molecule has 88 valence electrons. The molecule has 0 heterocycles. The number of ether oxygens (including phenoxy) is 1. The van der Waals surface area contributed by atoms with E-state index in [4.69, 9.17) is 4.74 Å². The predicted octanol–water partition coefficient (Wildman–Crippen LogP) is 2.82. The number of ketones is 1. The lowest BCUT2D eigenvalue weighted by Crippen LogP contribution is -2.16. The van der Waals surface area contributed by atoms with Crippen LogP contribution in [0.25, 0.3) is 0 Å². The molecule has 0 aliphatic heterocycles. The second-order valence-electron chi connectivity index (χ2n) is 3.64. The van der Waals surface area contributed by atoms with Crippen molar-refractivity contribution in [3.8, 4) is 0 Å². The Kier molecular flexibility index (Phi) is 4.55. The first-order chi connectivity index (χ1) is 7.57. The smallest absolute Gasteiger partial charge is 0.171 e. The van der Waals surface area contributed by atoms with E-state index < -0.39 is 28.9 Å². The molecule has 2 nitrogen and oxygen atoms in total. The zero-order valence-corrected chi connectivity index (χ0v) is 9.30. The Morgan fingerprint density at radius 3 is 2.44 bits per heavy atom. The highest BCUT2D eigenvalue weighted by atomic mass is 19.1. The van der Waals surface area contributed by atoms with E-state index in [-0.39, 0.29) is 0 Å². The summed E-state index contributed by atoms with van der Waals surface area (Å²) in [6.07, 6.45) is 0.448. The molecule has 0 N–H and O–H groups in total. The summed E-state index contributed by atoms with van der Waals surface area (Å²) < 4.78 is 31.4. The lowest BCUT2D eigenvalue weighted by atomic mass is 9.96. The number of Topliss-reactive ketones (excluding diaryl/α,β-unsaturated/α-hetero) is 1. The molecule has 0 aromatic heterocycles. The van der Waals surface area contributed by atoms with E-state index in [0.29, 0.717) is 13.0 Å². The van der Waals surface area contributed by atoms with Gasteiger partial charge in [0.1, 0.15) is 11.6 Å². The van der Waals surface area contributed by atoms with E-state index in [2.05, 4.69) is 0 Å². The Hall–Kier alpha value is -1.29. The number of rotatable bonds is 5. The van der Waals surface area contributed by atoms with Crippen LogP contribution in [0.15, 0.2) is 18.2 Å². The predicted molar refractivity (Wildman–Crippen MR) is 56.3 cm³/mol. The molecule has 0 aliphatic rings. The summed E-state index contributed by atoms with van der Waals surface area (Å²) in [5.74, 6) is -2.59. The van der Waals surface area contributed by atoms with Crippen molar-refractivity contribution < 1.29 is 18.3 Å². The summed E-state index contributed by atoms with van der Waals surface area (Å²) in [6.45, 7) is 2.02. The van der Waals surface area contributed by atoms with Crippen LogP contribution in [-0.4, -0.2) is 19.5 Å². The van der Waals surface area contributed by atoms with E-state index in [9.17, 15) is 13.6 Å². The van der Waals surface area contributed by atoms with Gasteiger partial charge in [-0.05, 0) is 18.6 Å². The zero-order valence-electron chi connectivity index (χ0n) is 9.30. The summed E-state index contributed by atoms with van der Waals surface area (Å²) in [7, 11) is 1.51. The van der Waals surface area contributed by atoms with Crippen molar-refractivity contribution in [1.29, 1.82) is 0 Å². The van der Waals surface area contributed by atoms with E-state index in [1.165, 1.54) is 13.2 Å². The Morgan fingerprint density at radius 1 is 1.38 bits per heavy atom. The lowest BCUT2D eigenvalue weighted by Gasteiger charge is -2.10. The van der Waals surface area contributed by atoms with Crippen LogP contribution in [0.1, 0.15) is 23.7 Å². The van der Waals surface area contributed by atoms with Gasteiger partial charge in [0.05, 0.1) is 5.56 Å². The van der Waals surface area contributed by atoms with E-state index >= 15 is 0 Å². The molecular weight excluding hydrogens is 214 g/mol. The number of hydrogen-bond donors (Lipinski definition) is 0. The molecule has 16 heavy (non-hydrogen) atoms. The normalized spacial score (nSPS) is 12.5. The molecule has 0 bridgehead atoms. The van der Waals surface area contributed by atoms with Crippen LogP contribution in [-0.2, 0) is 4.74 Å². The molecule has 0 saturated carbocycles. The largest absolute Gasteiger partial charge is 0.385 e. The van der Waals surface area contributed by atoms with Gasteiger partial charge >= 0.3 is 0 Å². The van der Waals surface area contributed by atoms with Crippen molar-refractivity contribution in [1.82, 2.24) is 0 Å². The van der Waals surface area contributed by atoms with Crippen LogP contribution < -0.4 is 0 Å². The van der Waals surface area contributed by atoms with Crippen molar-refractivity contribution in [3.05, 3.63) is 35.4 Å². The maximum atomic E-state index is 13.3. The topological polar surface area (TPSA) is 26.3 Å². The highest BCUT2D eigenvalue weighted by Crippen LogP contribution is 2.18. The minimum absolute atomic E-state index is 0.392. The Morgan fingerprint density at radius 2 is 1.94 bits per heavy atom. The van der Waals surface area contributed by atoms with Crippen LogP contribution >= 0.6 is 0 Å². The SMILES string of the molecule is COCCC(C)C(=O)c1c(F)cccc1F. The van der Waals surface area contributed by atoms with Crippen LogP contribution in [0, 0.1) is 17.6 Å². The highest BCUT2D eigenvalue weighted by Gasteiger charge is 2.22. The van der Waals surface area contributed by atoms with Crippen LogP contribution in [0.3, 0.4) is 0 Å². The van der Waals surface area contributed by atoms with E-state index in [1.807, 2.05) is 0 Å². The van der Waals surface area contributed by atoms with Gasteiger partial charge in [-0.2, -0.15) is 0 Å². The van der Waals surface area contributed by atoms with Crippen LogP contribution in [0.4, 0.5) is 8.78 Å². The summed E-state index contributed by atoms with van der Waals surface area (Å²) in [5.41, 5.74) is -0.453. The molecule has 0 spiro atoms. The zero-order chi connectivity index (χ0) is 12.1. The van der Waals surface area contributed by atoms with Crippen LogP contribution in [0.2, 0.25) is 0 Å². The molecule has 0 saturated heterocycles. The number of hydrogen-bond acceptors (Lipinski definition) is 2. The fourth-order valence-corrected chi connectivity index (χ4v) is 1.41.